The van der Waals surface area contributed by atoms with Crippen molar-refractivity contribution in [3.05, 3.63) is 0 Å². The number of hydrogen-bond donors (Lipinski definition) is 16. The van der Waals surface area contributed by atoms with E-state index in [1.54, 1.807) is 0 Å². The molecule has 0 bridgehead atoms. The minimum atomic E-state index is -2.11. The molecule has 0 aromatic rings. The molecule has 25 atom stereocenters. The second kappa shape index (κ2) is 20.2. The molecule has 0 saturated carbocycles. The van der Waals surface area contributed by atoms with Gasteiger partial charge in [0.1, 0.15) is 122 Å². The molecule has 0 aromatic carbocycles. The molecule has 5 aliphatic heterocycles. The molecule has 16 N–H and O–H groups in total. The van der Waals surface area contributed by atoms with Crippen LogP contribution in [0.3, 0.4) is 0 Å². The maximum absolute atomic E-state index is 11.1. The van der Waals surface area contributed by atoms with Crippen LogP contribution in [0.5, 0.6) is 0 Å². The molecule has 0 spiro atoms. The molecule has 26 nitrogen and oxygen atoms in total. The number of methoxy groups -OCH3 is 1. The Morgan fingerprint density at radius 2 is 0.544 bits per heavy atom. The monoisotopic (exact) mass is 842 g/mol. The van der Waals surface area contributed by atoms with Gasteiger partial charge in [-0.3, -0.25) is 0 Å². The van der Waals surface area contributed by atoms with Gasteiger partial charge in [-0.2, -0.15) is 0 Å². The molecule has 334 valence electrons. The van der Waals surface area contributed by atoms with E-state index in [0.717, 1.165) is 0 Å². The molecule has 5 rings (SSSR count). The van der Waals surface area contributed by atoms with E-state index >= 15 is 0 Å². The Balaban J connectivity index is 1.22. The lowest BCUT2D eigenvalue weighted by Crippen LogP contribution is -2.68. The molecular formula is C31H54O26. The fraction of sp³-hybridized carbons (Fsp3) is 1.00. The first-order valence-electron chi connectivity index (χ1n) is 18.0. The Kier molecular flexibility index (Phi) is 16.7. The van der Waals surface area contributed by atoms with E-state index in [9.17, 15) is 81.7 Å². The summed E-state index contributed by atoms with van der Waals surface area (Å²) in [6.45, 7) is -4.33. The maximum Gasteiger partial charge on any atom is 0.187 e. The van der Waals surface area contributed by atoms with Crippen molar-refractivity contribution in [1.82, 2.24) is 0 Å². The van der Waals surface area contributed by atoms with Crippen LogP contribution in [0.4, 0.5) is 0 Å². The number of ether oxygens (including phenoxy) is 10. The summed E-state index contributed by atoms with van der Waals surface area (Å²) < 4.78 is 54.6. The third kappa shape index (κ3) is 9.56. The number of aliphatic hydroxyl groups excluding tert-OH is 16. The van der Waals surface area contributed by atoms with Crippen molar-refractivity contribution in [2.24, 2.45) is 0 Å². The first-order valence-corrected chi connectivity index (χ1v) is 18.0. The lowest BCUT2D eigenvalue weighted by molar-refractivity contribution is -0.393. The second-order valence-corrected chi connectivity index (χ2v) is 14.2. The van der Waals surface area contributed by atoms with Gasteiger partial charge in [-0.05, 0) is 0 Å². The van der Waals surface area contributed by atoms with Gasteiger partial charge in [0, 0.05) is 7.11 Å². The van der Waals surface area contributed by atoms with Crippen LogP contribution < -0.4 is 0 Å². The summed E-state index contributed by atoms with van der Waals surface area (Å²) >= 11 is 0. The summed E-state index contributed by atoms with van der Waals surface area (Å²) in [4.78, 5) is 0. The SMILES string of the molecule is CO[C@H]1[C@H](O)[C@@H](O)[C@@H](O[C@H]2[C@H](O)[C@@H](O)[C@@H](O[C@H]3[C@H](O)[C@@H](O)[C@@H](O[C@H]4[C@H](O)[C@@H](O)[C@@H](O[C@H]5[C@H](O)[C@@H](O)[C@@H](O)O[C@@H]5CO)O[C@@H]4CO)O[C@@H]3CO)O[C@@H]2CO)O[C@@H]1CO. The fourth-order valence-electron chi connectivity index (χ4n) is 7.31. The van der Waals surface area contributed by atoms with E-state index in [1.165, 1.54) is 7.11 Å². The average Bonchev–Trinajstić information content (AvgIpc) is 3.20. The van der Waals surface area contributed by atoms with Gasteiger partial charge in [-0.15, -0.1) is 0 Å². The molecule has 0 unspecified atom stereocenters. The largest absolute Gasteiger partial charge is 0.394 e. The van der Waals surface area contributed by atoms with E-state index in [4.69, 9.17) is 47.4 Å². The van der Waals surface area contributed by atoms with Crippen molar-refractivity contribution < 1.29 is 129 Å². The van der Waals surface area contributed by atoms with Crippen LogP contribution in [-0.4, -0.2) is 275 Å². The lowest BCUT2D eigenvalue weighted by atomic mass is 9.95. The van der Waals surface area contributed by atoms with Crippen molar-refractivity contribution in [2.75, 3.05) is 40.1 Å². The molecule has 0 aliphatic carbocycles. The quantitative estimate of drug-likeness (QED) is 0.0772. The van der Waals surface area contributed by atoms with Gasteiger partial charge in [0.2, 0.25) is 0 Å². The molecular weight excluding hydrogens is 788 g/mol. The minimum Gasteiger partial charge on any atom is -0.394 e. The molecule has 5 fully saturated rings. The highest BCUT2D eigenvalue weighted by Gasteiger charge is 2.56. The zero-order valence-electron chi connectivity index (χ0n) is 30.2. The lowest BCUT2D eigenvalue weighted by Gasteiger charge is -2.49. The zero-order chi connectivity index (χ0) is 42.0. The highest BCUT2D eigenvalue weighted by molar-refractivity contribution is 4.99. The summed E-state index contributed by atoms with van der Waals surface area (Å²) in [6.07, 6.45) is -44.3. The van der Waals surface area contributed by atoms with Gasteiger partial charge in [-0.1, -0.05) is 0 Å². The van der Waals surface area contributed by atoms with E-state index in [-0.39, 0.29) is 0 Å². The summed E-state index contributed by atoms with van der Waals surface area (Å²) in [7, 11) is 1.20. The van der Waals surface area contributed by atoms with Crippen molar-refractivity contribution in [1.29, 1.82) is 0 Å². The second-order valence-electron chi connectivity index (χ2n) is 14.2. The standard InChI is InChI=1S/C31H54O26/c1-48-22-7(2-32)50-28(18(43)13(22)38)55-24-9(4-34)52-30(20(45)15(24)40)57-26-11(6-36)53-31(21(46)16(26)41)56-25-10(5-35)51-29(19(44)14(25)39)54-23-8(3-33)49-27(47)17(42)12(23)37/h7-47H,2-6H2,1H3/t7-,8-,9-,10-,11-,12-,13-,14-,15-,16-,17-,18-,19-,20-,21-,22-,23-,24-,25-,26-,27+,28-,29-,30-,31-/m1/s1. The van der Waals surface area contributed by atoms with E-state index < -0.39 is 187 Å². The normalized spacial score (nSPS) is 52.5. The highest BCUT2D eigenvalue weighted by Crippen LogP contribution is 2.35. The smallest absolute Gasteiger partial charge is 0.187 e. The van der Waals surface area contributed by atoms with E-state index in [2.05, 4.69) is 0 Å². The van der Waals surface area contributed by atoms with Crippen molar-refractivity contribution in [3.8, 4) is 0 Å². The third-order valence-electron chi connectivity index (χ3n) is 10.6. The molecule has 26 heteroatoms. The van der Waals surface area contributed by atoms with Crippen molar-refractivity contribution in [2.45, 2.75) is 154 Å². The Hall–Kier alpha value is -1.04. The molecule has 5 saturated heterocycles. The first kappa shape index (κ1) is 47.0. The molecule has 0 amide bonds. The summed E-state index contributed by atoms with van der Waals surface area (Å²) in [5.74, 6) is 0. The van der Waals surface area contributed by atoms with Gasteiger partial charge in [-0.25, -0.2) is 0 Å². The Bertz CT molecular complexity index is 1220. The molecule has 0 radical (unpaired) electrons. The first-order chi connectivity index (χ1) is 27.1. The van der Waals surface area contributed by atoms with Gasteiger partial charge in [0.05, 0.1) is 33.0 Å². The predicted octanol–water partition coefficient (Wildman–Crippen LogP) is -11.3. The fourth-order valence-corrected chi connectivity index (χ4v) is 7.31. The van der Waals surface area contributed by atoms with Crippen LogP contribution in [0, 0.1) is 0 Å². The molecule has 5 heterocycles. The van der Waals surface area contributed by atoms with E-state index in [1.807, 2.05) is 0 Å². The Morgan fingerprint density at radius 1 is 0.316 bits per heavy atom. The summed E-state index contributed by atoms with van der Waals surface area (Å²) in [6, 6.07) is 0. The van der Waals surface area contributed by atoms with Crippen LogP contribution in [-0.2, 0) is 47.4 Å². The topological polar surface area (TPSA) is 416 Å². The van der Waals surface area contributed by atoms with Crippen LogP contribution in [0.2, 0.25) is 0 Å². The summed E-state index contributed by atoms with van der Waals surface area (Å²) in [5, 5.41) is 167. The highest BCUT2D eigenvalue weighted by atomic mass is 16.8. The molecule has 5 aliphatic rings. The molecule has 57 heavy (non-hydrogen) atoms. The number of aliphatic hydroxyl groups is 16. The average molecular weight is 843 g/mol. The van der Waals surface area contributed by atoms with Gasteiger partial charge in [0.15, 0.2) is 31.5 Å². The number of rotatable bonds is 14. The minimum absolute atomic E-state index is 0.675. The van der Waals surface area contributed by atoms with Crippen molar-refractivity contribution in [3.63, 3.8) is 0 Å². The predicted molar refractivity (Wildman–Crippen MR) is 171 cm³/mol. The van der Waals surface area contributed by atoms with Crippen molar-refractivity contribution >= 4 is 0 Å². The van der Waals surface area contributed by atoms with Gasteiger partial charge >= 0.3 is 0 Å². The van der Waals surface area contributed by atoms with Crippen LogP contribution in [0.15, 0.2) is 0 Å². The Labute approximate surface area is 323 Å². The summed E-state index contributed by atoms with van der Waals surface area (Å²) in [5.41, 5.74) is 0. The van der Waals surface area contributed by atoms with Crippen LogP contribution in [0.1, 0.15) is 0 Å². The number of hydrogen-bond acceptors (Lipinski definition) is 26. The van der Waals surface area contributed by atoms with Crippen LogP contribution in [0.25, 0.3) is 0 Å². The maximum atomic E-state index is 11.1. The van der Waals surface area contributed by atoms with E-state index in [0.29, 0.717) is 0 Å². The molecule has 0 aromatic heterocycles. The zero-order valence-corrected chi connectivity index (χ0v) is 30.2. The third-order valence-corrected chi connectivity index (χ3v) is 10.6. The van der Waals surface area contributed by atoms with Gasteiger partial charge < -0.3 is 129 Å². The Morgan fingerprint density at radius 3 is 0.807 bits per heavy atom. The van der Waals surface area contributed by atoms with Crippen LogP contribution >= 0.6 is 0 Å². The van der Waals surface area contributed by atoms with Gasteiger partial charge in [0.25, 0.3) is 0 Å².